The third-order valence-electron chi connectivity index (χ3n) is 3.55. The first kappa shape index (κ1) is 16.2. The fourth-order valence-corrected chi connectivity index (χ4v) is 1.92. The van der Waals surface area contributed by atoms with Crippen molar-refractivity contribution in [2.24, 2.45) is 5.41 Å². The second kappa shape index (κ2) is 7.68. The summed E-state index contributed by atoms with van der Waals surface area (Å²) in [7, 11) is 0. The molecule has 1 aromatic carbocycles. The maximum atomic E-state index is 12.3. The Labute approximate surface area is 120 Å². The highest BCUT2D eigenvalue weighted by atomic mass is 16.6. The van der Waals surface area contributed by atoms with Gasteiger partial charge in [-0.2, -0.15) is 0 Å². The molecule has 20 heavy (non-hydrogen) atoms. The summed E-state index contributed by atoms with van der Waals surface area (Å²) in [5.41, 5.74) is 0.190. The fraction of sp³-hybridized carbons (Fsp3) is 0.500. The molecule has 4 heteroatoms. The zero-order chi connectivity index (χ0) is 15.0. The van der Waals surface area contributed by atoms with E-state index in [9.17, 15) is 9.59 Å². The quantitative estimate of drug-likeness (QED) is 0.719. The largest absolute Gasteiger partial charge is 0.465 e. The van der Waals surface area contributed by atoms with Gasteiger partial charge in [-0.3, -0.25) is 9.59 Å². The van der Waals surface area contributed by atoms with Crippen LogP contribution in [0.25, 0.3) is 0 Å². The van der Waals surface area contributed by atoms with E-state index in [0.717, 1.165) is 5.56 Å². The van der Waals surface area contributed by atoms with Crippen LogP contribution in [0.2, 0.25) is 0 Å². The Morgan fingerprint density at radius 1 is 1.05 bits per heavy atom. The first-order chi connectivity index (χ1) is 9.54. The van der Waals surface area contributed by atoms with Crippen LogP contribution in [0.1, 0.15) is 39.2 Å². The lowest BCUT2D eigenvalue weighted by molar-refractivity contribution is -0.165. The van der Waals surface area contributed by atoms with Crippen LogP contribution in [0.4, 0.5) is 0 Å². The molecule has 0 aliphatic carbocycles. The van der Waals surface area contributed by atoms with Crippen molar-refractivity contribution in [1.29, 1.82) is 0 Å². The molecule has 4 nitrogen and oxygen atoms in total. The van der Waals surface area contributed by atoms with Crippen molar-refractivity contribution in [3.05, 3.63) is 35.9 Å². The van der Waals surface area contributed by atoms with Crippen molar-refractivity contribution in [2.75, 3.05) is 6.61 Å². The minimum absolute atomic E-state index is 0.0724. The van der Waals surface area contributed by atoms with Gasteiger partial charge in [0.15, 0.2) is 0 Å². The second-order valence-corrected chi connectivity index (χ2v) is 4.83. The van der Waals surface area contributed by atoms with Crippen LogP contribution >= 0.6 is 0 Å². The van der Waals surface area contributed by atoms with Crippen molar-refractivity contribution in [1.82, 2.24) is 0 Å². The summed E-state index contributed by atoms with van der Waals surface area (Å²) in [6.07, 6.45) is 1.15. The summed E-state index contributed by atoms with van der Waals surface area (Å²) < 4.78 is 10.4. The van der Waals surface area contributed by atoms with Gasteiger partial charge in [-0.1, -0.05) is 44.2 Å². The Morgan fingerprint density at radius 2 is 1.65 bits per heavy atom. The van der Waals surface area contributed by atoms with Gasteiger partial charge in [-0.25, -0.2) is 0 Å². The molecule has 0 heterocycles. The van der Waals surface area contributed by atoms with E-state index < -0.39 is 5.41 Å². The van der Waals surface area contributed by atoms with Gasteiger partial charge in [0.1, 0.15) is 18.6 Å². The molecule has 0 aliphatic heterocycles. The number of carbonyl (C=O) groups is 2. The topological polar surface area (TPSA) is 52.6 Å². The van der Waals surface area contributed by atoms with Crippen LogP contribution in [-0.2, 0) is 25.7 Å². The molecular formula is C16H22O4. The second-order valence-electron chi connectivity index (χ2n) is 4.83. The molecule has 0 N–H and O–H groups in total. The van der Waals surface area contributed by atoms with Crippen molar-refractivity contribution < 1.29 is 19.1 Å². The van der Waals surface area contributed by atoms with E-state index in [2.05, 4.69) is 0 Å². The average molecular weight is 278 g/mol. The van der Waals surface area contributed by atoms with Crippen molar-refractivity contribution >= 4 is 11.9 Å². The van der Waals surface area contributed by atoms with Crippen molar-refractivity contribution in [2.45, 2.75) is 40.2 Å². The minimum Gasteiger partial charge on any atom is -0.465 e. The van der Waals surface area contributed by atoms with Crippen molar-refractivity contribution in [3.63, 3.8) is 0 Å². The molecule has 0 spiro atoms. The predicted molar refractivity (Wildman–Crippen MR) is 75.9 cm³/mol. The van der Waals surface area contributed by atoms with Gasteiger partial charge in [-0.15, -0.1) is 0 Å². The molecule has 0 bridgehead atoms. The normalized spacial score (nSPS) is 10.9. The first-order valence-corrected chi connectivity index (χ1v) is 6.88. The number of esters is 2. The van der Waals surface area contributed by atoms with Gasteiger partial charge >= 0.3 is 11.9 Å². The first-order valence-electron chi connectivity index (χ1n) is 6.88. The summed E-state index contributed by atoms with van der Waals surface area (Å²) in [4.78, 5) is 23.2. The monoisotopic (exact) mass is 278 g/mol. The van der Waals surface area contributed by atoms with E-state index in [1.807, 2.05) is 44.2 Å². The zero-order valence-corrected chi connectivity index (χ0v) is 12.3. The van der Waals surface area contributed by atoms with E-state index in [1.54, 1.807) is 0 Å². The number of rotatable bonds is 7. The maximum absolute atomic E-state index is 12.3. The lowest BCUT2D eigenvalue weighted by atomic mass is 9.83. The van der Waals surface area contributed by atoms with Crippen LogP contribution in [0.3, 0.4) is 0 Å². The highest BCUT2D eigenvalue weighted by Gasteiger charge is 2.38. The van der Waals surface area contributed by atoms with Gasteiger partial charge in [0.2, 0.25) is 0 Å². The van der Waals surface area contributed by atoms with E-state index >= 15 is 0 Å². The Morgan fingerprint density at radius 3 is 2.15 bits per heavy atom. The van der Waals surface area contributed by atoms with Gasteiger partial charge in [0, 0.05) is 6.92 Å². The summed E-state index contributed by atoms with van der Waals surface area (Å²) in [6, 6.07) is 9.51. The molecular weight excluding hydrogens is 256 g/mol. The van der Waals surface area contributed by atoms with Gasteiger partial charge in [0.05, 0.1) is 0 Å². The molecule has 0 amide bonds. The Kier molecular flexibility index (Phi) is 6.22. The maximum Gasteiger partial charge on any atom is 0.315 e. The number of hydrogen-bond acceptors (Lipinski definition) is 4. The van der Waals surface area contributed by atoms with E-state index in [4.69, 9.17) is 9.47 Å². The molecule has 0 aliphatic rings. The highest BCUT2D eigenvalue weighted by molar-refractivity contribution is 5.77. The van der Waals surface area contributed by atoms with Gasteiger partial charge in [0.25, 0.3) is 0 Å². The summed E-state index contributed by atoms with van der Waals surface area (Å²) in [5.74, 6) is -0.695. The van der Waals surface area contributed by atoms with E-state index in [0.29, 0.717) is 12.8 Å². The zero-order valence-electron chi connectivity index (χ0n) is 12.3. The number of benzene rings is 1. The molecule has 1 aromatic rings. The van der Waals surface area contributed by atoms with Crippen LogP contribution in [-0.4, -0.2) is 18.5 Å². The molecule has 0 atom stereocenters. The van der Waals surface area contributed by atoms with Gasteiger partial charge < -0.3 is 9.47 Å². The molecule has 0 unspecified atom stereocenters. The third-order valence-corrected chi connectivity index (χ3v) is 3.55. The molecule has 0 radical (unpaired) electrons. The standard InChI is InChI=1S/C16H22O4/c1-4-16(5-2,12-20-13(3)17)15(18)19-11-14-9-7-6-8-10-14/h6-10H,4-5,11-12H2,1-3H3. The highest BCUT2D eigenvalue weighted by Crippen LogP contribution is 2.29. The van der Waals surface area contributed by atoms with Crippen LogP contribution in [0.5, 0.6) is 0 Å². The number of carbonyl (C=O) groups excluding carboxylic acids is 2. The molecule has 0 saturated carbocycles. The molecule has 0 saturated heterocycles. The molecule has 0 aromatic heterocycles. The van der Waals surface area contributed by atoms with E-state index in [-0.39, 0.29) is 25.2 Å². The summed E-state index contributed by atoms with van der Waals surface area (Å²) in [6.45, 7) is 5.45. The molecule has 1 rings (SSSR count). The lowest BCUT2D eigenvalue weighted by Gasteiger charge is -2.28. The minimum atomic E-state index is -0.750. The van der Waals surface area contributed by atoms with Gasteiger partial charge in [-0.05, 0) is 18.4 Å². The Balaban J connectivity index is 2.66. The molecule has 110 valence electrons. The summed E-state index contributed by atoms with van der Waals surface area (Å²) in [5, 5.41) is 0. The Hall–Kier alpha value is -1.84. The Bertz CT molecular complexity index is 435. The number of hydrogen-bond donors (Lipinski definition) is 0. The SMILES string of the molecule is CCC(CC)(COC(C)=O)C(=O)OCc1ccccc1. The predicted octanol–water partition coefficient (Wildman–Crippen LogP) is 3.10. The number of ether oxygens (including phenoxy) is 2. The molecule has 0 fully saturated rings. The fourth-order valence-electron chi connectivity index (χ4n) is 1.92. The van der Waals surface area contributed by atoms with Crippen LogP contribution in [0.15, 0.2) is 30.3 Å². The van der Waals surface area contributed by atoms with Crippen molar-refractivity contribution in [3.8, 4) is 0 Å². The average Bonchev–Trinajstić information content (AvgIpc) is 2.47. The third kappa shape index (κ3) is 4.37. The van der Waals surface area contributed by atoms with Crippen LogP contribution < -0.4 is 0 Å². The summed E-state index contributed by atoms with van der Waals surface area (Å²) >= 11 is 0. The van der Waals surface area contributed by atoms with Crippen LogP contribution in [0, 0.1) is 5.41 Å². The van der Waals surface area contributed by atoms with E-state index in [1.165, 1.54) is 6.92 Å². The lowest BCUT2D eigenvalue weighted by Crippen LogP contribution is -2.37. The smallest absolute Gasteiger partial charge is 0.315 e.